The Morgan fingerprint density at radius 2 is 2.05 bits per heavy atom. The van der Waals surface area contributed by atoms with E-state index in [9.17, 15) is 9.90 Å². The van der Waals surface area contributed by atoms with Gasteiger partial charge in [0, 0.05) is 30.7 Å². The van der Waals surface area contributed by atoms with Gasteiger partial charge in [-0.05, 0) is 11.6 Å². The van der Waals surface area contributed by atoms with Crippen LogP contribution in [0.5, 0.6) is 0 Å². The Bertz CT molecular complexity index is 633. The van der Waals surface area contributed by atoms with Gasteiger partial charge in [0.2, 0.25) is 0 Å². The first kappa shape index (κ1) is 14.0. The molecule has 0 spiro atoms. The van der Waals surface area contributed by atoms with Crippen molar-refractivity contribution in [2.75, 3.05) is 26.3 Å². The minimum atomic E-state index is -0.792. The number of carboxylic acids is 1. The predicted molar refractivity (Wildman–Crippen MR) is 79.1 cm³/mol. The Morgan fingerprint density at radius 1 is 1.29 bits per heavy atom. The van der Waals surface area contributed by atoms with Gasteiger partial charge >= 0.3 is 5.97 Å². The molecule has 2 aromatic rings. The maximum Gasteiger partial charge on any atom is 0.305 e. The van der Waals surface area contributed by atoms with Crippen LogP contribution in [0.25, 0.3) is 10.9 Å². The summed E-state index contributed by atoms with van der Waals surface area (Å²) in [5, 5.41) is 10.3. The van der Waals surface area contributed by atoms with E-state index in [0.717, 1.165) is 29.6 Å². The number of benzene rings is 1. The summed E-state index contributed by atoms with van der Waals surface area (Å²) in [5.74, 6) is -0.792. The SMILES string of the molecule is O=C(O)CC(c1cccc2cccnc12)N1CCOCC1. The molecular formula is C16H18N2O3. The minimum Gasteiger partial charge on any atom is -0.481 e. The molecule has 1 saturated heterocycles. The number of nitrogens with zero attached hydrogens (tertiary/aromatic N) is 2. The van der Waals surface area contributed by atoms with Crippen molar-refractivity contribution in [2.24, 2.45) is 0 Å². The summed E-state index contributed by atoms with van der Waals surface area (Å²) >= 11 is 0. The molecule has 3 rings (SSSR count). The first-order chi connectivity index (χ1) is 10.3. The molecule has 1 aromatic heterocycles. The van der Waals surface area contributed by atoms with Gasteiger partial charge in [-0.25, -0.2) is 0 Å². The van der Waals surface area contributed by atoms with E-state index in [1.165, 1.54) is 0 Å². The van der Waals surface area contributed by atoms with Gasteiger partial charge in [-0.2, -0.15) is 0 Å². The molecule has 1 aromatic carbocycles. The third kappa shape index (κ3) is 3.04. The number of hydrogen-bond acceptors (Lipinski definition) is 4. The standard InChI is InChI=1S/C16H18N2O3/c19-15(20)11-14(18-7-9-21-10-8-18)13-5-1-3-12-4-2-6-17-16(12)13/h1-6,14H,7-11H2,(H,19,20). The van der Waals surface area contributed by atoms with Gasteiger partial charge in [0.05, 0.1) is 25.2 Å². The molecule has 5 heteroatoms. The number of fused-ring (bicyclic) bond motifs is 1. The van der Waals surface area contributed by atoms with Gasteiger partial charge in [-0.1, -0.05) is 24.3 Å². The van der Waals surface area contributed by atoms with E-state index >= 15 is 0 Å². The lowest BCUT2D eigenvalue weighted by Crippen LogP contribution is -2.40. The number of ether oxygens (including phenoxy) is 1. The molecule has 1 aliphatic rings. The smallest absolute Gasteiger partial charge is 0.305 e. The van der Waals surface area contributed by atoms with Crippen LogP contribution in [0.15, 0.2) is 36.5 Å². The van der Waals surface area contributed by atoms with Crippen LogP contribution >= 0.6 is 0 Å². The van der Waals surface area contributed by atoms with Gasteiger partial charge in [-0.3, -0.25) is 14.7 Å². The lowest BCUT2D eigenvalue weighted by atomic mass is 9.98. The Hall–Kier alpha value is -1.98. The number of pyridine rings is 1. The van der Waals surface area contributed by atoms with Crippen molar-refractivity contribution in [1.82, 2.24) is 9.88 Å². The highest BCUT2D eigenvalue weighted by Gasteiger charge is 2.26. The van der Waals surface area contributed by atoms with Gasteiger partial charge in [0.1, 0.15) is 0 Å². The van der Waals surface area contributed by atoms with Gasteiger partial charge < -0.3 is 9.84 Å². The zero-order valence-electron chi connectivity index (χ0n) is 11.7. The molecule has 5 nitrogen and oxygen atoms in total. The first-order valence-corrected chi connectivity index (χ1v) is 7.13. The average molecular weight is 286 g/mol. The number of aliphatic carboxylic acids is 1. The molecule has 0 aliphatic carbocycles. The molecule has 1 unspecified atom stereocenters. The van der Waals surface area contributed by atoms with Crippen LogP contribution < -0.4 is 0 Å². The van der Waals surface area contributed by atoms with Crippen molar-refractivity contribution in [1.29, 1.82) is 0 Å². The second-order valence-corrected chi connectivity index (χ2v) is 5.18. The lowest BCUT2D eigenvalue weighted by Gasteiger charge is -2.34. The molecule has 21 heavy (non-hydrogen) atoms. The molecule has 0 saturated carbocycles. The van der Waals surface area contributed by atoms with Crippen molar-refractivity contribution >= 4 is 16.9 Å². The fourth-order valence-corrected chi connectivity index (χ4v) is 2.89. The van der Waals surface area contributed by atoms with Crippen molar-refractivity contribution in [3.63, 3.8) is 0 Å². The molecule has 2 heterocycles. The van der Waals surface area contributed by atoms with E-state index in [4.69, 9.17) is 4.74 Å². The molecule has 110 valence electrons. The van der Waals surface area contributed by atoms with Crippen molar-refractivity contribution in [3.8, 4) is 0 Å². The van der Waals surface area contributed by atoms with E-state index in [0.29, 0.717) is 13.2 Å². The van der Waals surface area contributed by atoms with Crippen molar-refractivity contribution < 1.29 is 14.6 Å². The number of hydrogen-bond donors (Lipinski definition) is 1. The number of morpholine rings is 1. The summed E-state index contributed by atoms with van der Waals surface area (Å²) in [6.45, 7) is 2.80. The van der Waals surface area contributed by atoms with Crippen LogP contribution in [-0.2, 0) is 9.53 Å². The molecule has 0 bridgehead atoms. The fourth-order valence-electron chi connectivity index (χ4n) is 2.89. The van der Waals surface area contributed by atoms with Crippen LogP contribution in [0, 0.1) is 0 Å². The number of para-hydroxylation sites is 1. The third-order valence-electron chi connectivity index (χ3n) is 3.88. The second-order valence-electron chi connectivity index (χ2n) is 5.18. The van der Waals surface area contributed by atoms with E-state index in [1.807, 2.05) is 30.3 Å². The zero-order chi connectivity index (χ0) is 14.7. The summed E-state index contributed by atoms with van der Waals surface area (Å²) in [5.41, 5.74) is 1.87. The number of carboxylic acid groups (broad SMARTS) is 1. The van der Waals surface area contributed by atoms with E-state index in [2.05, 4.69) is 9.88 Å². The predicted octanol–water partition coefficient (Wildman–Crippen LogP) is 2.08. The monoisotopic (exact) mass is 286 g/mol. The summed E-state index contributed by atoms with van der Waals surface area (Å²) in [7, 11) is 0. The first-order valence-electron chi connectivity index (χ1n) is 7.13. The van der Waals surface area contributed by atoms with Crippen LogP contribution in [-0.4, -0.2) is 47.3 Å². The zero-order valence-corrected chi connectivity index (χ0v) is 11.7. The normalized spacial score (nSPS) is 17.7. The van der Waals surface area contributed by atoms with E-state index < -0.39 is 5.97 Å². The van der Waals surface area contributed by atoms with E-state index in [1.54, 1.807) is 6.20 Å². The summed E-state index contributed by atoms with van der Waals surface area (Å²) in [4.78, 5) is 17.9. The molecule has 0 amide bonds. The molecule has 1 fully saturated rings. The number of aromatic nitrogens is 1. The molecule has 1 atom stereocenters. The van der Waals surface area contributed by atoms with Crippen LogP contribution in [0.2, 0.25) is 0 Å². The second kappa shape index (κ2) is 6.20. The fraction of sp³-hybridized carbons (Fsp3) is 0.375. The van der Waals surface area contributed by atoms with Gasteiger partial charge in [0.25, 0.3) is 0 Å². The van der Waals surface area contributed by atoms with Gasteiger partial charge in [-0.15, -0.1) is 0 Å². The average Bonchev–Trinajstić information content (AvgIpc) is 2.53. The van der Waals surface area contributed by atoms with Crippen LogP contribution in [0.1, 0.15) is 18.0 Å². The minimum absolute atomic E-state index is 0.0791. The largest absolute Gasteiger partial charge is 0.481 e. The Labute approximate surface area is 123 Å². The third-order valence-corrected chi connectivity index (χ3v) is 3.88. The topological polar surface area (TPSA) is 62.7 Å². The van der Waals surface area contributed by atoms with Crippen LogP contribution in [0.3, 0.4) is 0 Å². The molecule has 0 radical (unpaired) electrons. The van der Waals surface area contributed by atoms with Crippen LogP contribution in [0.4, 0.5) is 0 Å². The highest BCUT2D eigenvalue weighted by atomic mass is 16.5. The maximum absolute atomic E-state index is 11.3. The quantitative estimate of drug-likeness (QED) is 0.932. The summed E-state index contributed by atoms with van der Waals surface area (Å²) < 4.78 is 5.37. The molecule has 1 aliphatic heterocycles. The highest BCUT2D eigenvalue weighted by molar-refractivity contribution is 5.82. The summed E-state index contributed by atoms with van der Waals surface area (Å²) in [6, 6.07) is 9.69. The lowest BCUT2D eigenvalue weighted by molar-refractivity contribution is -0.139. The molecular weight excluding hydrogens is 268 g/mol. The van der Waals surface area contributed by atoms with Crippen molar-refractivity contribution in [2.45, 2.75) is 12.5 Å². The number of carbonyl (C=O) groups is 1. The molecule has 1 N–H and O–H groups in total. The summed E-state index contributed by atoms with van der Waals surface area (Å²) in [6.07, 6.45) is 1.83. The highest BCUT2D eigenvalue weighted by Crippen LogP contribution is 2.30. The number of rotatable bonds is 4. The maximum atomic E-state index is 11.3. The van der Waals surface area contributed by atoms with E-state index in [-0.39, 0.29) is 12.5 Å². The Morgan fingerprint density at radius 3 is 2.81 bits per heavy atom. The Balaban J connectivity index is 2.02. The van der Waals surface area contributed by atoms with Crippen molar-refractivity contribution in [3.05, 3.63) is 42.1 Å². The van der Waals surface area contributed by atoms with Gasteiger partial charge in [0.15, 0.2) is 0 Å². The Kier molecular flexibility index (Phi) is 4.13.